The number of aromatic amines is 1. The van der Waals surface area contributed by atoms with E-state index in [-0.39, 0.29) is 6.61 Å². The fraction of sp³-hybridized carbons (Fsp3) is 0.308. The second kappa shape index (κ2) is 4.47. The Bertz CT molecular complexity index is 540. The first kappa shape index (κ1) is 10.7. The van der Waals surface area contributed by atoms with Crippen molar-refractivity contribution in [3.8, 4) is 0 Å². The van der Waals surface area contributed by atoms with Crippen molar-refractivity contribution < 1.29 is 5.11 Å². The second-order valence-electron chi connectivity index (χ2n) is 4.28. The van der Waals surface area contributed by atoms with Crippen LogP contribution >= 0.6 is 11.3 Å². The van der Waals surface area contributed by atoms with E-state index in [9.17, 15) is 0 Å². The van der Waals surface area contributed by atoms with Crippen molar-refractivity contribution in [3.63, 3.8) is 0 Å². The maximum atomic E-state index is 9.15. The van der Waals surface area contributed by atoms with Crippen LogP contribution in [0.1, 0.15) is 27.6 Å². The van der Waals surface area contributed by atoms with Crippen LogP contribution in [0.5, 0.6) is 0 Å². The molecule has 1 aliphatic carbocycles. The predicted octanol–water partition coefficient (Wildman–Crippen LogP) is 2.38. The van der Waals surface area contributed by atoms with E-state index in [2.05, 4.69) is 22.1 Å². The predicted molar refractivity (Wildman–Crippen MR) is 69.1 cm³/mol. The lowest BCUT2D eigenvalue weighted by Crippen LogP contribution is -1.98. The molecule has 0 unspecified atom stereocenters. The number of rotatable bonds is 3. The average molecular weight is 246 g/mol. The molecule has 3 nitrogen and oxygen atoms in total. The first-order valence-corrected chi connectivity index (χ1v) is 6.57. The summed E-state index contributed by atoms with van der Waals surface area (Å²) in [6.07, 6.45) is 8.68. The number of thiophene rings is 1. The van der Waals surface area contributed by atoms with Crippen LogP contribution in [0, 0.1) is 0 Å². The Kier molecular flexibility index (Phi) is 2.82. The average Bonchev–Trinajstić information content (AvgIpc) is 2.96. The Labute approximate surface area is 104 Å². The maximum absolute atomic E-state index is 9.15. The van der Waals surface area contributed by atoms with E-state index in [1.54, 1.807) is 17.5 Å². The van der Waals surface area contributed by atoms with Gasteiger partial charge in [0, 0.05) is 28.6 Å². The molecule has 2 N–H and O–H groups in total. The van der Waals surface area contributed by atoms with Gasteiger partial charge >= 0.3 is 0 Å². The molecule has 0 amide bonds. The topological polar surface area (TPSA) is 48.9 Å². The largest absolute Gasteiger partial charge is 0.392 e. The number of H-pyrrole nitrogens is 1. The Balaban J connectivity index is 1.85. The van der Waals surface area contributed by atoms with Crippen LogP contribution in [0.3, 0.4) is 0 Å². The Morgan fingerprint density at radius 1 is 1.41 bits per heavy atom. The van der Waals surface area contributed by atoms with Crippen molar-refractivity contribution in [1.82, 2.24) is 9.97 Å². The van der Waals surface area contributed by atoms with Crippen molar-refractivity contribution >= 4 is 17.4 Å². The van der Waals surface area contributed by atoms with Gasteiger partial charge in [0.05, 0.1) is 6.61 Å². The Hall–Kier alpha value is -1.39. The van der Waals surface area contributed by atoms with Crippen molar-refractivity contribution in [1.29, 1.82) is 0 Å². The van der Waals surface area contributed by atoms with Gasteiger partial charge in [0.1, 0.15) is 5.82 Å². The van der Waals surface area contributed by atoms with E-state index < -0.39 is 0 Å². The summed E-state index contributed by atoms with van der Waals surface area (Å²) in [6.45, 7) is 0.185. The molecule has 0 saturated heterocycles. The Morgan fingerprint density at radius 3 is 3.12 bits per heavy atom. The molecule has 3 rings (SSSR count). The number of hydrogen-bond donors (Lipinski definition) is 2. The highest BCUT2D eigenvalue weighted by atomic mass is 32.1. The zero-order valence-corrected chi connectivity index (χ0v) is 10.3. The summed E-state index contributed by atoms with van der Waals surface area (Å²) < 4.78 is 0. The lowest BCUT2D eigenvalue weighted by atomic mass is 9.98. The van der Waals surface area contributed by atoms with Gasteiger partial charge in [-0.25, -0.2) is 4.98 Å². The van der Waals surface area contributed by atoms with Crippen LogP contribution < -0.4 is 0 Å². The number of nitrogens with zero attached hydrogens (tertiary/aromatic N) is 1. The van der Waals surface area contributed by atoms with Crippen molar-refractivity contribution in [2.24, 2.45) is 0 Å². The van der Waals surface area contributed by atoms with Gasteiger partial charge < -0.3 is 10.1 Å². The molecule has 2 aromatic rings. The molecule has 4 heteroatoms. The molecular weight excluding hydrogens is 232 g/mol. The molecule has 0 saturated carbocycles. The number of aliphatic hydroxyl groups is 1. The standard InChI is InChI=1S/C13H14N2OS/c16-8-9-1-2-10-6-11(17-12(10)5-9)7-13-14-3-4-15-13/h3-6,16H,1-2,7-8H2,(H,14,15). The third-order valence-electron chi connectivity index (χ3n) is 3.04. The van der Waals surface area contributed by atoms with E-state index in [0.29, 0.717) is 0 Å². The van der Waals surface area contributed by atoms with Gasteiger partial charge in [-0.3, -0.25) is 0 Å². The number of aryl methyl sites for hydroxylation is 1. The molecular formula is C13H14N2OS. The van der Waals surface area contributed by atoms with Crippen LogP contribution in [-0.2, 0) is 12.8 Å². The molecule has 0 fully saturated rings. The highest BCUT2D eigenvalue weighted by Crippen LogP contribution is 2.31. The van der Waals surface area contributed by atoms with Crippen LogP contribution in [0.15, 0.2) is 24.0 Å². The summed E-state index contributed by atoms with van der Waals surface area (Å²) in [7, 11) is 0. The minimum absolute atomic E-state index is 0.185. The minimum atomic E-state index is 0.185. The zero-order chi connectivity index (χ0) is 11.7. The number of aliphatic hydroxyl groups excluding tert-OH is 1. The van der Waals surface area contributed by atoms with Gasteiger partial charge in [-0.1, -0.05) is 0 Å². The summed E-state index contributed by atoms with van der Waals surface area (Å²) in [5, 5.41) is 9.15. The SMILES string of the molecule is OCC1=Cc2sc(Cc3ncc[nH]3)cc2CC1. The second-order valence-corrected chi connectivity index (χ2v) is 5.44. The highest BCUT2D eigenvalue weighted by Gasteiger charge is 2.14. The van der Waals surface area contributed by atoms with E-state index in [0.717, 1.165) is 30.7 Å². The lowest BCUT2D eigenvalue weighted by molar-refractivity contribution is 0.327. The summed E-state index contributed by atoms with van der Waals surface area (Å²) in [6, 6.07) is 2.27. The number of nitrogens with one attached hydrogen (secondary N) is 1. The third kappa shape index (κ3) is 2.18. The fourth-order valence-corrected chi connectivity index (χ4v) is 3.35. The van der Waals surface area contributed by atoms with Crippen LogP contribution in [-0.4, -0.2) is 21.7 Å². The molecule has 0 spiro atoms. The zero-order valence-electron chi connectivity index (χ0n) is 9.44. The van der Waals surface area contributed by atoms with E-state index in [1.807, 2.05) is 6.20 Å². The molecule has 0 bridgehead atoms. The first-order chi connectivity index (χ1) is 8.35. The van der Waals surface area contributed by atoms with Gasteiger partial charge in [-0.05, 0) is 36.1 Å². The minimum Gasteiger partial charge on any atom is -0.392 e. The molecule has 2 heterocycles. The molecule has 0 radical (unpaired) electrons. The lowest BCUT2D eigenvalue weighted by Gasteiger charge is -2.09. The molecule has 88 valence electrons. The smallest absolute Gasteiger partial charge is 0.111 e. The van der Waals surface area contributed by atoms with Gasteiger partial charge in [0.2, 0.25) is 0 Å². The summed E-state index contributed by atoms with van der Waals surface area (Å²) in [5.41, 5.74) is 2.55. The number of hydrogen-bond acceptors (Lipinski definition) is 3. The van der Waals surface area contributed by atoms with Gasteiger partial charge in [-0.2, -0.15) is 0 Å². The molecule has 0 aliphatic heterocycles. The normalized spacial score (nSPS) is 14.5. The quantitative estimate of drug-likeness (QED) is 0.873. The molecule has 17 heavy (non-hydrogen) atoms. The van der Waals surface area contributed by atoms with Crippen LogP contribution in [0.2, 0.25) is 0 Å². The van der Waals surface area contributed by atoms with E-state index in [4.69, 9.17) is 5.11 Å². The van der Waals surface area contributed by atoms with Crippen molar-refractivity contribution in [2.75, 3.05) is 6.61 Å². The molecule has 1 aliphatic rings. The van der Waals surface area contributed by atoms with E-state index >= 15 is 0 Å². The Morgan fingerprint density at radius 2 is 2.35 bits per heavy atom. The first-order valence-electron chi connectivity index (χ1n) is 5.75. The maximum Gasteiger partial charge on any atom is 0.111 e. The number of fused-ring (bicyclic) bond motifs is 1. The molecule has 2 aromatic heterocycles. The van der Waals surface area contributed by atoms with Crippen molar-refractivity contribution in [3.05, 3.63) is 45.2 Å². The summed E-state index contributed by atoms with van der Waals surface area (Å²) >= 11 is 1.81. The van der Waals surface area contributed by atoms with Crippen LogP contribution in [0.25, 0.3) is 6.08 Å². The monoisotopic (exact) mass is 246 g/mol. The highest BCUT2D eigenvalue weighted by molar-refractivity contribution is 7.13. The molecule has 0 aromatic carbocycles. The summed E-state index contributed by atoms with van der Waals surface area (Å²) in [5.74, 6) is 1.01. The van der Waals surface area contributed by atoms with Crippen molar-refractivity contribution in [2.45, 2.75) is 19.3 Å². The van der Waals surface area contributed by atoms with Gasteiger partial charge in [0.25, 0.3) is 0 Å². The van der Waals surface area contributed by atoms with Crippen LogP contribution in [0.4, 0.5) is 0 Å². The van der Waals surface area contributed by atoms with Gasteiger partial charge in [0.15, 0.2) is 0 Å². The van der Waals surface area contributed by atoms with Gasteiger partial charge in [-0.15, -0.1) is 11.3 Å². The third-order valence-corrected chi connectivity index (χ3v) is 4.17. The molecule has 0 atom stereocenters. The summed E-state index contributed by atoms with van der Waals surface area (Å²) in [4.78, 5) is 10.0. The van der Waals surface area contributed by atoms with E-state index in [1.165, 1.54) is 15.3 Å². The number of imidazole rings is 1. The fourth-order valence-electron chi connectivity index (χ4n) is 2.14. The number of aromatic nitrogens is 2.